The minimum Gasteiger partial charge on any atom is -0.497 e. The number of hydrogen-bond donors (Lipinski definition) is 1. The summed E-state index contributed by atoms with van der Waals surface area (Å²) in [6.07, 6.45) is 2.13. The van der Waals surface area contributed by atoms with Gasteiger partial charge in [-0.2, -0.15) is 4.98 Å². The van der Waals surface area contributed by atoms with Crippen LogP contribution >= 0.6 is 0 Å². The van der Waals surface area contributed by atoms with Gasteiger partial charge in [-0.05, 0) is 43.7 Å². The highest BCUT2D eigenvalue weighted by molar-refractivity contribution is 5.55. The smallest absolute Gasteiger partial charge is 0.241 e. The molecular formula is C15H19N3O3. The van der Waals surface area contributed by atoms with Gasteiger partial charge in [-0.15, -0.1) is 0 Å². The molecule has 6 heteroatoms. The highest BCUT2D eigenvalue weighted by atomic mass is 16.5. The van der Waals surface area contributed by atoms with Gasteiger partial charge in [0.2, 0.25) is 11.7 Å². The fourth-order valence-electron chi connectivity index (χ4n) is 2.66. The average molecular weight is 289 g/mol. The van der Waals surface area contributed by atoms with Crippen LogP contribution in [0.5, 0.6) is 5.75 Å². The van der Waals surface area contributed by atoms with E-state index in [0.717, 1.165) is 30.7 Å². The van der Waals surface area contributed by atoms with Crippen molar-refractivity contribution in [3.05, 3.63) is 30.2 Å². The van der Waals surface area contributed by atoms with Crippen molar-refractivity contribution in [2.75, 3.05) is 20.3 Å². The molecule has 1 saturated heterocycles. The zero-order chi connectivity index (χ0) is 14.7. The molecule has 1 aromatic heterocycles. The Bertz CT molecular complexity index is 582. The van der Waals surface area contributed by atoms with Gasteiger partial charge in [0, 0.05) is 11.6 Å². The van der Waals surface area contributed by atoms with E-state index in [1.807, 2.05) is 24.3 Å². The highest BCUT2D eigenvalue weighted by Gasteiger charge is 2.25. The van der Waals surface area contributed by atoms with Crippen LogP contribution in [-0.4, -0.2) is 46.5 Å². The molecule has 1 atom stereocenters. The van der Waals surface area contributed by atoms with Gasteiger partial charge in [0.1, 0.15) is 5.75 Å². The molecule has 0 radical (unpaired) electrons. The highest BCUT2D eigenvalue weighted by Crippen LogP contribution is 2.22. The predicted octanol–water partition coefficient (Wildman–Crippen LogP) is 1.70. The Balaban J connectivity index is 1.70. The molecule has 21 heavy (non-hydrogen) atoms. The lowest BCUT2D eigenvalue weighted by molar-refractivity contribution is 0.141. The van der Waals surface area contributed by atoms with Crippen LogP contribution < -0.4 is 4.74 Å². The molecule has 0 saturated carbocycles. The van der Waals surface area contributed by atoms with Crippen molar-refractivity contribution in [3.8, 4) is 17.1 Å². The summed E-state index contributed by atoms with van der Waals surface area (Å²) in [4.78, 5) is 6.61. The number of aliphatic hydroxyl groups excluding tert-OH is 1. The quantitative estimate of drug-likeness (QED) is 0.903. The summed E-state index contributed by atoms with van der Waals surface area (Å²) in [7, 11) is 1.63. The number of rotatable bonds is 5. The van der Waals surface area contributed by atoms with E-state index in [9.17, 15) is 5.11 Å². The van der Waals surface area contributed by atoms with Crippen molar-refractivity contribution < 1.29 is 14.4 Å². The van der Waals surface area contributed by atoms with E-state index in [1.165, 1.54) is 0 Å². The zero-order valence-electron chi connectivity index (χ0n) is 12.0. The Labute approximate surface area is 123 Å². The summed E-state index contributed by atoms with van der Waals surface area (Å²) >= 11 is 0. The molecule has 2 aromatic rings. The van der Waals surface area contributed by atoms with Crippen molar-refractivity contribution in [1.29, 1.82) is 0 Å². The molecule has 112 valence electrons. The molecule has 2 heterocycles. The molecule has 6 nitrogen and oxygen atoms in total. The van der Waals surface area contributed by atoms with Crippen LogP contribution in [0.25, 0.3) is 11.4 Å². The van der Waals surface area contributed by atoms with Gasteiger partial charge >= 0.3 is 0 Å². The number of ether oxygens (including phenoxy) is 1. The molecule has 1 aliphatic heterocycles. The van der Waals surface area contributed by atoms with E-state index in [2.05, 4.69) is 15.0 Å². The van der Waals surface area contributed by atoms with E-state index in [0.29, 0.717) is 18.3 Å². The normalized spacial score (nSPS) is 19.0. The summed E-state index contributed by atoms with van der Waals surface area (Å²) in [6.45, 7) is 1.74. The summed E-state index contributed by atoms with van der Waals surface area (Å²) in [5.41, 5.74) is 0.894. The third kappa shape index (κ3) is 3.06. The zero-order valence-corrected chi connectivity index (χ0v) is 12.0. The van der Waals surface area contributed by atoms with Crippen molar-refractivity contribution in [2.45, 2.75) is 25.4 Å². The van der Waals surface area contributed by atoms with Gasteiger partial charge in [-0.25, -0.2) is 0 Å². The van der Waals surface area contributed by atoms with Gasteiger partial charge in [0.05, 0.1) is 20.3 Å². The second-order valence-corrected chi connectivity index (χ2v) is 5.19. The number of hydrogen-bond acceptors (Lipinski definition) is 6. The Morgan fingerprint density at radius 2 is 2.19 bits per heavy atom. The first-order chi connectivity index (χ1) is 10.3. The first-order valence-corrected chi connectivity index (χ1v) is 7.12. The standard InChI is InChI=1S/C15H19N3O3/c1-20-13-6-4-11(5-7-13)15-16-14(21-17-15)9-18-8-2-3-12(18)10-19/h4-7,12,19H,2-3,8-10H2,1H3/t12-/m1/s1. The maximum atomic E-state index is 9.33. The van der Waals surface area contributed by atoms with Crippen LogP contribution in [0.1, 0.15) is 18.7 Å². The van der Waals surface area contributed by atoms with Crippen LogP contribution in [0.4, 0.5) is 0 Å². The Morgan fingerprint density at radius 1 is 1.38 bits per heavy atom. The Morgan fingerprint density at radius 3 is 2.90 bits per heavy atom. The first-order valence-electron chi connectivity index (χ1n) is 7.12. The van der Waals surface area contributed by atoms with Crippen molar-refractivity contribution in [1.82, 2.24) is 15.0 Å². The lowest BCUT2D eigenvalue weighted by Crippen LogP contribution is -2.31. The lowest BCUT2D eigenvalue weighted by Gasteiger charge is -2.20. The van der Waals surface area contributed by atoms with Gasteiger partial charge in [-0.1, -0.05) is 5.16 Å². The maximum Gasteiger partial charge on any atom is 0.241 e. The maximum absolute atomic E-state index is 9.33. The summed E-state index contributed by atoms with van der Waals surface area (Å²) in [6, 6.07) is 7.75. The number of benzene rings is 1. The van der Waals surface area contributed by atoms with E-state index in [-0.39, 0.29) is 12.6 Å². The molecule has 0 amide bonds. The van der Waals surface area contributed by atoms with E-state index < -0.39 is 0 Å². The minimum atomic E-state index is 0.180. The van der Waals surface area contributed by atoms with Gasteiger partial charge in [0.15, 0.2) is 0 Å². The Hall–Kier alpha value is -1.92. The van der Waals surface area contributed by atoms with E-state index in [1.54, 1.807) is 7.11 Å². The average Bonchev–Trinajstić information content (AvgIpc) is 3.17. The van der Waals surface area contributed by atoms with Crippen molar-refractivity contribution >= 4 is 0 Å². The first kappa shape index (κ1) is 14.0. The second kappa shape index (κ2) is 6.24. The molecule has 1 fully saturated rings. The van der Waals surface area contributed by atoms with E-state index >= 15 is 0 Å². The lowest BCUT2D eigenvalue weighted by atomic mass is 10.2. The number of methoxy groups -OCH3 is 1. The van der Waals surface area contributed by atoms with Gasteiger partial charge in [0.25, 0.3) is 0 Å². The van der Waals surface area contributed by atoms with Crippen LogP contribution in [-0.2, 0) is 6.54 Å². The van der Waals surface area contributed by atoms with Crippen LogP contribution in [0.3, 0.4) is 0 Å². The predicted molar refractivity (Wildman–Crippen MR) is 76.8 cm³/mol. The topological polar surface area (TPSA) is 71.6 Å². The number of likely N-dealkylation sites (tertiary alicyclic amines) is 1. The molecule has 0 spiro atoms. The third-order valence-electron chi connectivity index (χ3n) is 3.86. The number of nitrogens with zero attached hydrogens (tertiary/aromatic N) is 3. The fourth-order valence-corrected chi connectivity index (χ4v) is 2.66. The Kier molecular flexibility index (Phi) is 4.17. The molecule has 0 aliphatic carbocycles. The van der Waals surface area contributed by atoms with Gasteiger partial charge in [-0.3, -0.25) is 4.90 Å². The SMILES string of the molecule is COc1ccc(-c2noc(CN3CCC[C@@H]3CO)n2)cc1. The molecule has 0 unspecified atom stereocenters. The molecule has 3 rings (SSSR count). The number of aliphatic hydroxyl groups is 1. The summed E-state index contributed by atoms with van der Waals surface area (Å²) in [5, 5.41) is 13.3. The molecule has 1 N–H and O–H groups in total. The molecule has 0 bridgehead atoms. The van der Waals surface area contributed by atoms with Crippen molar-refractivity contribution in [3.63, 3.8) is 0 Å². The summed E-state index contributed by atoms with van der Waals surface area (Å²) in [5.74, 6) is 1.96. The van der Waals surface area contributed by atoms with Crippen LogP contribution in [0.2, 0.25) is 0 Å². The molecule has 1 aliphatic rings. The van der Waals surface area contributed by atoms with Crippen LogP contribution in [0.15, 0.2) is 28.8 Å². The fraction of sp³-hybridized carbons (Fsp3) is 0.467. The number of aromatic nitrogens is 2. The van der Waals surface area contributed by atoms with Gasteiger partial charge < -0.3 is 14.4 Å². The second-order valence-electron chi connectivity index (χ2n) is 5.19. The largest absolute Gasteiger partial charge is 0.497 e. The van der Waals surface area contributed by atoms with Crippen LogP contribution in [0, 0.1) is 0 Å². The third-order valence-corrected chi connectivity index (χ3v) is 3.86. The monoisotopic (exact) mass is 289 g/mol. The molecule has 1 aromatic carbocycles. The molecular weight excluding hydrogens is 270 g/mol. The minimum absolute atomic E-state index is 0.180. The van der Waals surface area contributed by atoms with E-state index in [4.69, 9.17) is 9.26 Å². The van der Waals surface area contributed by atoms with Crippen molar-refractivity contribution in [2.24, 2.45) is 0 Å². The summed E-state index contributed by atoms with van der Waals surface area (Å²) < 4.78 is 10.4.